The molecule has 1 aliphatic rings. The number of nitro groups is 1. The summed E-state index contributed by atoms with van der Waals surface area (Å²) in [6.07, 6.45) is 4.14. The minimum absolute atomic E-state index is 0.00673. The molecule has 1 aliphatic heterocycles. The van der Waals surface area contributed by atoms with Gasteiger partial charge in [-0.15, -0.1) is 0 Å². The third-order valence-corrected chi connectivity index (χ3v) is 6.47. The van der Waals surface area contributed by atoms with Gasteiger partial charge in [-0.1, -0.05) is 35.6 Å². The molecule has 1 amide bonds. The van der Waals surface area contributed by atoms with Gasteiger partial charge in [-0.05, 0) is 54.5 Å². The van der Waals surface area contributed by atoms with E-state index in [9.17, 15) is 14.9 Å². The summed E-state index contributed by atoms with van der Waals surface area (Å²) in [6, 6.07) is 13.5. The maximum Gasteiger partial charge on any atom is 0.269 e. The maximum atomic E-state index is 12.8. The molecule has 1 fully saturated rings. The molecule has 32 heavy (non-hydrogen) atoms. The number of nitrogens with zero attached hydrogens (tertiary/aromatic N) is 3. The largest absolute Gasteiger partial charge is 0.384 e. The first-order valence-corrected chi connectivity index (χ1v) is 11.3. The maximum absolute atomic E-state index is 12.8. The van der Waals surface area contributed by atoms with Gasteiger partial charge in [0.15, 0.2) is 0 Å². The Hall–Kier alpha value is -3.01. The van der Waals surface area contributed by atoms with Crippen molar-refractivity contribution in [2.45, 2.75) is 6.42 Å². The summed E-state index contributed by atoms with van der Waals surface area (Å²) >= 11 is 12.7. The summed E-state index contributed by atoms with van der Waals surface area (Å²) in [6.45, 7) is 1.14. The lowest BCUT2D eigenvalue weighted by Gasteiger charge is -2.15. The topological polar surface area (TPSA) is 88.4 Å². The summed E-state index contributed by atoms with van der Waals surface area (Å²) in [5.74, 6) is -0.151. The van der Waals surface area contributed by atoms with Crippen LogP contribution in [0.3, 0.4) is 0 Å². The van der Waals surface area contributed by atoms with Crippen molar-refractivity contribution in [3.63, 3.8) is 0 Å². The molecule has 0 unspecified atom stereocenters. The number of hydrogen-bond acceptors (Lipinski definition) is 7. The summed E-state index contributed by atoms with van der Waals surface area (Å²) < 4.78 is 0.507. The predicted octanol–water partition coefficient (Wildman–Crippen LogP) is 5.50. The number of rotatable bonds is 7. The first-order chi connectivity index (χ1) is 15.4. The highest BCUT2D eigenvalue weighted by Crippen LogP contribution is 2.33. The molecule has 7 nitrogen and oxygen atoms in total. The van der Waals surface area contributed by atoms with E-state index in [0.717, 1.165) is 16.6 Å². The lowest BCUT2D eigenvalue weighted by Crippen LogP contribution is -2.30. The number of nitrogens with one attached hydrogen (secondary N) is 1. The minimum Gasteiger partial charge on any atom is -0.384 e. The quantitative estimate of drug-likeness (QED) is 0.156. The first-order valence-electron chi connectivity index (χ1n) is 9.70. The smallest absolute Gasteiger partial charge is 0.269 e. The molecular weight excluding hydrogens is 468 g/mol. The molecule has 2 aromatic carbocycles. The van der Waals surface area contributed by atoms with Crippen LogP contribution in [-0.4, -0.2) is 38.1 Å². The van der Waals surface area contributed by atoms with Crippen LogP contribution >= 0.6 is 35.6 Å². The summed E-state index contributed by atoms with van der Waals surface area (Å²) in [5, 5.41) is 15.8. The number of fused-ring (bicyclic) bond motifs is 1. The van der Waals surface area contributed by atoms with Crippen LogP contribution in [0.2, 0.25) is 5.02 Å². The number of anilines is 1. The van der Waals surface area contributed by atoms with Crippen molar-refractivity contribution in [2.75, 3.05) is 18.4 Å². The second-order valence-electron chi connectivity index (χ2n) is 6.98. The van der Waals surface area contributed by atoms with Gasteiger partial charge in [-0.2, -0.15) is 0 Å². The van der Waals surface area contributed by atoms with Crippen molar-refractivity contribution in [1.82, 2.24) is 9.88 Å². The van der Waals surface area contributed by atoms with Gasteiger partial charge in [0.2, 0.25) is 0 Å². The number of halogens is 1. The monoisotopic (exact) mass is 484 g/mol. The molecule has 0 radical (unpaired) electrons. The number of carbonyl (C=O) groups is 1. The van der Waals surface area contributed by atoms with E-state index >= 15 is 0 Å². The standard InChI is InChI=1S/C22H17ClN4O3S2/c23-15-4-7-17-18(8-10-25-19(17)13-15)24-9-1-11-26-21(28)20(32-22(26)31)12-14-2-5-16(6-3-14)27(29)30/h2-8,10,12-13H,1,9,11H2,(H,24,25)/b20-12-. The van der Waals surface area contributed by atoms with Crippen molar-refractivity contribution in [3.8, 4) is 0 Å². The van der Waals surface area contributed by atoms with E-state index in [1.165, 1.54) is 23.9 Å². The first kappa shape index (κ1) is 22.2. The van der Waals surface area contributed by atoms with Crippen LogP contribution in [-0.2, 0) is 4.79 Å². The Balaban J connectivity index is 1.36. The highest BCUT2D eigenvalue weighted by atomic mass is 35.5. The van der Waals surface area contributed by atoms with Gasteiger partial charge in [0.05, 0.1) is 15.3 Å². The normalized spacial score (nSPS) is 15.0. The number of amides is 1. The van der Waals surface area contributed by atoms with Crippen LogP contribution in [0.5, 0.6) is 0 Å². The second kappa shape index (κ2) is 9.64. The second-order valence-corrected chi connectivity index (χ2v) is 9.09. The van der Waals surface area contributed by atoms with Crippen LogP contribution in [0.1, 0.15) is 12.0 Å². The number of benzene rings is 2. The van der Waals surface area contributed by atoms with Crippen LogP contribution in [0, 0.1) is 10.1 Å². The van der Waals surface area contributed by atoms with Crippen molar-refractivity contribution in [1.29, 1.82) is 0 Å². The number of carbonyl (C=O) groups excluding carboxylic acids is 1. The molecule has 1 saturated heterocycles. The minimum atomic E-state index is -0.457. The predicted molar refractivity (Wildman–Crippen MR) is 133 cm³/mol. The third kappa shape index (κ3) is 4.90. The molecule has 0 bridgehead atoms. The van der Waals surface area contributed by atoms with E-state index in [2.05, 4.69) is 10.3 Å². The Kier molecular flexibility index (Phi) is 6.69. The molecule has 0 saturated carbocycles. The van der Waals surface area contributed by atoms with Gasteiger partial charge >= 0.3 is 0 Å². The van der Waals surface area contributed by atoms with E-state index in [1.54, 1.807) is 29.3 Å². The van der Waals surface area contributed by atoms with Crippen LogP contribution < -0.4 is 5.32 Å². The van der Waals surface area contributed by atoms with Crippen LogP contribution in [0.4, 0.5) is 11.4 Å². The van der Waals surface area contributed by atoms with Gasteiger partial charge < -0.3 is 5.32 Å². The van der Waals surface area contributed by atoms with Gasteiger partial charge in [-0.25, -0.2) is 0 Å². The van der Waals surface area contributed by atoms with Crippen LogP contribution in [0.25, 0.3) is 17.0 Å². The Bertz CT molecular complexity index is 1250. The Morgan fingerprint density at radius 2 is 2.00 bits per heavy atom. The average Bonchev–Trinajstić information content (AvgIpc) is 3.04. The summed E-state index contributed by atoms with van der Waals surface area (Å²) in [7, 11) is 0. The van der Waals surface area contributed by atoms with E-state index in [4.69, 9.17) is 23.8 Å². The molecule has 3 aromatic rings. The van der Waals surface area contributed by atoms with Crippen molar-refractivity contribution >= 4 is 74.2 Å². The number of pyridine rings is 1. The Morgan fingerprint density at radius 3 is 2.75 bits per heavy atom. The molecule has 0 aliphatic carbocycles. The van der Waals surface area contributed by atoms with Crippen molar-refractivity contribution in [2.24, 2.45) is 0 Å². The number of thioether (sulfide) groups is 1. The number of nitro benzene ring substituents is 1. The zero-order valence-electron chi connectivity index (χ0n) is 16.7. The molecule has 1 aromatic heterocycles. The molecule has 0 atom stereocenters. The van der Waals surface area contributed by atoms with Gasteiger partial charge in [-0.3, -0.25) is 24.8 Å². The van der Waals surface area contributed by atoms with Crippen molar-refractivity contribution < 1.29 is 9.72 Å². The highest BCUT2D eigenvalue weighted by molar-refractivity contribution is 8.26. The molecule has 162 valence electrons. The lowest BCUT2D eigenvalue weighted by atomic mass is 10.2. The Morgan fingerprint density at radius 1 is 1.22 bits per heavy atom. The fourth-order valence-corrected chi connectivity index (χ4v) is 4.75. The fourth-order valence-electron chi connectivity index (χ4n) is 3.27. The molecule has 0 spiro atoms. The average molecular weight is 485 g/mol. The van der Waals surface area contributed by atoms with E-state index in [0.29, 0.717) is 39.3 Å². The number of hydrogen-bond donors (Lipinski definition) is 1. The van der Waals surface area contributed by atoms with E-state index in [1.807, 2.05) is 24.3 Å². The fraction of sp³-hybridized carbons (Fsp3) is 0.136. The van der Waals surface area contributed by atoms with E-state index < -0.39 is 4.92 Å². The Labute approximate surface area is 198 Å². The third-order valence-electron chi connectivity index (χ3n) is 4.85. The van der Waals surface area contributed by atoms with Crippen molar-refractivity contribution in [3.05, 3.63) is 80.3 Å². The zero-order valence-corrected chi connectivity index (χ0v) is 19.0. The molecule has 4 rings (SSSR count). The summed E-state index contributed by atoms with van der Waals surface area (Å²) in [5.41, 5.74) is 2.49. The highest BCUT2D eigenvalue weighted by Gasteiger charge is 2.31. The number of aromatic nitrogens is 1. The molecule has 1 N–H and O–H groups in total. The summed E-state index contributed by atoms with van der Waals surface area (Å²) in [4.78, 5) is 29.5. The SMILES string of the molecule is O=C1/C(=C/c2ccc([N+](=O)[O-])cc2)SC(=S)N1CCCNc1ccnc2cc(Cl)ccc12. The lowest BCUT2D eigenvalue weighted by molar-refractivity contribution is -0.384. The van der Waals surface area contributed by atoms with Crippen LogP contribution in [0.15, 0.2) is 59.6 Å². The van der Waals surface area contributed by atoms with Gasteiger partial charge in [0.25, 0.3) is 11.6 Å². The van der Waals surface area contributed by atoms with Gasteiger partial charge in [0.1, 0.15) is 4.32 Å². The molecular formula is C22H17ClN4O3S2. The van der Waals surface area contributed by atoms with E-state index in [-0.39, 0.29) is 11.6 Å². The zero-order chi connectivity index (χ0) is 22.7. The number of thiocarbonyl (C=S) groups is 1. The molecule has 2 heterocycles. The van der Waals surface area contributed by atoms with Gasteiger partial charge in [0, 0.05) is 47.5 Å². The number of non-ortho nitro benzene ring substituents is 1. The molecule has 10 heteroatoms.